The summed E-state index contributed by atoms with van der Waals surface area (Å²) in [6.45, 7) is 4.25. The molecule has 0 fully saturated rings. The predicted molar refractivity (Wildman–Crippen MR) is 104 cm³/mol. The average Bonchev–Trinajstić information content (AvgIpc) is 3.08. The summed E-state index contributed by atoms with van der Waals surface area (Å²) in [6, 6.07) is 15.5. The van der Waals surface area contributed by atoms with E-state index in [1.165, 1.54) is 5.56 Å². The first-order valence-corrected chi connectivity index (χ1v) is 8.84. The van der Waals surface area contributed by atoms with Gasteiger partial charge in [-0.15, -0.1) is 0 Å². The number of amides is 1. The molecule has 0 saturated carbocycles. The van der Waals surface area contributed by atoms with Gasteiger partial charge in [0.15, 0.2) is 0 Å². The molecule has 0 aliphatic rings. The van der Waals surface area contributed by atoms with E-state index in [0.717, 1.165) is 16.7 Å². The van der Waals surface area contributed by atoms with Gasteiger partial charge in [0.1, 0.15) is 6.04 Å². The van der Waals surface area contributed by atoms with E-state index in [1.807, 2.05) is 74.4 Å². The molecule has 6 heteroatoms. The molecule has 0 aliphatic carbocycles. The van der Waals surface area contributed by atoms with Crippen LogP contribution in [-0.4, -0.2) is 35.0 Å². The van der Waals surface area contributed by atoms with Gasteiger partial charge in [-0.1, -0.05) is 59.3 Å². The van der Waals surface area contributed by atoms with Gasteiger partial charge in [0, 0.05) is 19.0 Å². The molecule has 0 saturated heterocycles. The van der Waals surface area contributed by atoms with Crippen LogP contribution in [0.25, 0.3) is 11.4 Å². The largest absolute Gasteiger partial charge is 0.350 e. The summed E-state index contributed by atoms with van der Waals surface area (Å²) in [5.74, 6) is 1.07. The van der Waals surface area contributed by atoms with Gasteiger partial charge in [0.25, 0.3) is 0 Å². The highest BCUT2D eigenvalue weighted by Crippen LogP contribution is 2.20. The van der Waals surface area contributed by atoms with Gasteiger partial charge >= 0.3 is 0 Å². The summed E-state index contributed by atoms with van der Waals surface area (Å²) in [7, 11) is 3.82. The standard InChI is InChI=1S/C21H24N4O2/c1-14-5-9-17(10-6-14)19(25(3)4)21(26)22-13-16-7-11-18(12-8-16)20-23-15(2)27-24-20/h5-12,19H,13H2,1-4H3,(H,22,26). The molecule has 1 amide bonds. The van der Waals surface area contributed by atoms with Crippen molar-refractivity contribution in [1.29, 1.82) is 0 Å². The van der Waals surface area contributed by atoms with Crippen LogP contribution in [0.3, 0.4) is 0 Å². The molecule has 1 atom stereocenters. The number of likely N-dealkylation sites (N-methyl/N-ethyl adjacent to an activating group) is 1. The molecule has 0 radical (unpaired) electrons. The number of aryl methyl sites for hydroxylation is 2. The second-order valence-corrected chi connectivity index (χ2v) is 6.83. The van der Waals surface area contributed by atoms with Crippen LogP contribution in [0.15, 0.2) is 53.1 Å². The van der Waals surface area contributed by atoms with Gasteiger partial charge in [-0.25, -0.2) is 0 Å². The van der Waals surface area contributed by atoms with Crippen molar-refractivity contribution in [3.8, 4) is 11.4 Å². The van der Waals surface area contributed by atoms with Crippen LogP contribution >= 0.6 is 0 Å². The number of rotatable bonds is 6. The Hall–Kier alpha value is -2.99. The van der Waals surface area contributed by atoms with Crippen LogP contribution in [0, 0.1) is 13.8 Å². The zero-order chi connectivity index (χ0) is 19.4. The molecule has 0 bridgehead atoms. The lowest BCUT2D eigenvalue weighted by atomic mass is 10.0. The maximum atomic E-state index is 12.7. The Morgan fingerprint density at radius 1 is 1.07 bits per heavy atom. The molecular formula is C21H24N4O2. The maximum Gasteiger partial charge on any atom is 0.242 e. The summed E-state index contributed by atoms with van der Waals surface area (Å²) >= 11 is 0. The van der Waals surface area contributed by atoms with Gasteiger partial charge in [0.2, 0.25) is 17.6 Å². The van der Waals surface area contributed by atoms with Crippen molar-refractivity contribution in [3.05, 3.63) is 71.1 Å². The van der Waals surface area contributed by atoms with Crippen molar-refractivity contribution < 1.29 is 9.32 Å². The smallest absolute Gasteiger partial charge is 0.242 e. The molecule has 2 aromatic carbocycles. The number of hydrogen-bond acceptors (Lipinski definition) is 5. The van der Waals surface area contributed by atoms with Crippen LogP contribution in [-0.2, 0) is 11.3 Å². The lowest BCUT2D eigenvalue weighted by Crippen LogP contribution is -2.36. The number of carbonyl (C=O) groups excluding carboxylic acids is 1. The number of carbonyl (C=O) groups is 1. The lowest BCUT2D eigenvalue weighted by Gasteiger charge is -2.24. The summed E-state index contributed by atoms with van der Waals surface area (Å²) in [5, 5.41) is 6.94. The van der Waals surface area contributed by atoms with Crippen molar-refractivity contribution >= 4 is 5.91 Å². The Bertz CT molecular complexity index is 899. The highest BCUT2D eigenvalue weighted by Gasteiger charge is 2.22. The van der Waals surface area contributed by atoms with Gasteiger partial charge in [-0.05, 0) is 32.1 Å². The first-order chi connectivity index (χ1) is 12.9. The molecule has 3 aromatic rings. The number of benzene rings is 2. The van der Waals surface area contributed by atoms with Crippen LogP contribution in [0.5, 0.6) is 0 Å². The molecule has 0 aliphatic heterocycles. The number of hydrogen-bond donors (Lipinski definition) is 1. The van der Waals surface area contributed by atoms with E-state index in [4.69, 9.17) is 4.52 Å². The minimum Gasteiger partial charge on any atom is -0.350 e. The Morgan fingerprint density at radius 2 is 1.74 bits per heavy atom. The van der Waals surface area contributed by atoms with E-state index in [1.54, 1.807) is 6.92 Å². The van der Waals surface area contributed by atoms with E-state index >= 15 is 0 Å². The zero-order valence-electron chi connectivity index (χ0n) is 16.1. The Kier molecular flexibility index (Phi) is 5.66. The quantitative estimate of drug-likeness (QED) is 0.727. The Balaban J connectivity index is 1.65. The normalized spacial score (nSPS) is 12.2. The predicted octanol–water partition coefficient (Wildman–Crippen LogP) is 3.27. The fraction of sp³-hybridized carbons (Fsp3) is 0.286. The SMILES string of the molecule is Cc1ccc(C(C(=O)NCc2ccc(-c3noc(C)n3)cc2)N(C)C)cc1. The first kappa shape index (κ1) is 18.8. The Labute approximate surface area is 159 Å². The van der Waals surface area contributed by atoms with Gasteiger partial charge in [-0.2, -0.15) is 4.98 Å². The van der Waals surface area contributed by atoms with Crippen LogP contribution in [0.2, 0.25) is 0 Å². The minimum atomic E-state index is -0.327. The molecular weight excluding hydrogens is 340 g/mol. The van der Waals surface area contributed by atoms with Crippen molar-refractivity contribution in [1.82, 2.24) is 20.4 Å². The molecule has 0 spiro atoms. The highest BCUT2D eigenvalue weighted by atomic mass is 16.5. The van der Waals surface area contributed by atoms with Crippen LogP contribution < -0.4 is 5.32 Å². The van der Waals surface area contributed by atoms with E-state index in [9.17, 15) is 4.79 Å². The molecule has 1 aromatic heterocycles. The second kappa shape index (κ2) is 8.14. The van der Waals surface area contributed by atoms with E-state index in [0.29, 0.717) is 18.3 Å². The number of nitrogens with one attached hydrogen (secondary N) is 1. The van der Waals surface area contributed by atoms with Gasteiger partial charge in [0.05, 0.1) is 0 Å². The molecule has 3 rings (SSSR count). The van der Waals surface area contributed by atoms with E-state index in [2.05, 4.69) is 15.5 Å². The summed E-state index contributed by atoms with van der Waals surface area (Å²) in [5.41, 5.74) is 4.04. The highest BCUT2D eigenvalue weighted by molar-refractivity contribution is 5.83. The van der Waals surface area contributed by atoms with E-state index < -0.39 is 0 Å². The zero-order valence-corrected chi connectivity index (χ0v) is 16.1. The fourth-order valence-electron chi connectivity index (χ4n) is 2.91. The summed E-state index contributed by atoms with van der Waals surface area (Å²) < 4.78 is 5.00. The fourth-order valence-corrected chi connectivity index (χ4v) is 2.91. The second-order valence-electron chi connectivity index (χ2n) is 6.83. The maximum absolute atomic E-state index is 12.7. The third kappa shape index (κ3) is 4.60. The molecule has 140 valence electrons. The molecule has 1 unspecified atom stereocenters. The molecule has 6 nitrogen and oxygen atoms in total. The lowest BCUT2D eigenvalue weighted by molar-refractivity contribution is -0.125. The monoisotopic (exact) mass is 364 g/mol. The topological polar surface area (TPSA) is 71.3 Å². The number of nitrogens with zero attached hydrogens (tertiary/aromatic N) is 3. The van der Waals surface area contributed by atoms with Gasteiger partial charge < -0.3 is 9.84 Å². The molecule has 27 heavy (non-hydrogen) atoms. The minimum absolute atomic E-state index is 0.0262. The van der Waals surface area contributed by atoms with Crippen molar-refractivity contribution in [2.24, 2.45) is 0 Å². The summed E-state index contributed by atoms with van der Waals surface area (Å²) in [4.78, 5) is 18.9. The number of aromatic nitrogens is 2. The molecule has 1 N–H and O–H groups in total. The van der Waals surface area contributed by atoms with E-state index in [-0.39, 0.29) is 11.9 Å². The van der Waals surface area contributed by atoms with Crippen LogP contribution in [0.4, 0.5) is 0 Å². The average molecular weight is 364 g/mol. The van der Waals surface area contributed by atoms with Crippen molar-refractivity contribution in [2.75, 3.05) is 14.1 Å². The molecule has 1 heterocycles. The third-order valence-electron chi connectivity index (χ3n) is 4.36. The van der Waals surface area contributed by atoms with Crippen molar-refractivity contribution in [2.45, 2.75) is 26.4 Å². The Morgan fingerprint density at radius 3 is 2.30 bits per heavy atom. The third-order valence-corrected chi connectivity index (χ3v) is 4.36. The van der Waals surface area contributed by atoms with Crippen molar-refractivity contribution in [3.63, 3.8) is 0 Å². The first-order valence-electron chi connectivity index (χ1n) is 8.84. The van der Waals surface area contributed by atoms with Crippen LogP contribution in [0.1, 0.15) is 28.6 Å². The summed E-state index contributed by atoms with van der Waals surface area (Å²) in [6.07, 6.45) is 0. The van der Waals surface area contributed by atoms with Gasteiger partial charge in [-0.3, -0.25) is 9.69 Å².